The Bertz CT molecular complexity index is 1090. The van der Waals surface area contributed by atoms with Gasteiger partial charge in [-0.15, -0.1) is 0 Å². The molecule has 0 radical (unpaired) electrons. The lowest BCUT2D eigenvalue weighted by atomic mass is 9.90. The van der Waals surface area contributed by atoms with Crippen molar-refractivity contribution in [2.24, 2.45) is 5.92 Å². The summed E-state index contributed by atoms with van der Waals surface area (Å²) in [7, 11) is 0. The van der Waals surface area contributed by atoms with Gasteiger partial charge in [-0.2, -0.15) is 0 Å². The third kappa shape index (κ3) is 5.34. The van der Waals surface area contributed by atoms with Gasteiger partial charge in [0.15, 0.2) is 23.6 Å². The average Bonchev–Trinajstić information content (AvgIpc) is 2.76. The zero-order chi connectivity index (χ0) is 23.1. The number of aldehydes is 1. The standard InChI is InChI=1S/C23H19F2NO3.C2H6/c1-13(2)23(28)17-5-3-4-16(19(17)12-27)18-11-15(26)7-9-21(18)29-22-8-6-14(24)10-20(22)25;1-2/h3-13H,26H2,1-2H3;1-2H3. The molecule has 3 aromatic rings. The van der Waals surface area contributed by atoms with Gasteiger partial charge >= 0.3 is 0 Å². The van der Waals surface area contributed by atoms with E-state index in [0.717, 1.165) is 6.07 Å². The topological polar surface area (TPSA) is 69.4 Å². The van der Waals surface area contributed by atoms with E-state index in [1.165, 1.54) is 12.1 Å². The summed E-state index contributed by atoms with van der Waals surface area (Å²) in [6.45, 7) is 7.49. The van der Waals surface area contributed by atoms with E-state index < -0.39 is 11.6 Å². The lowest BCUT2D eigenvalue weighted by Crippen LogP contribution is -2.11. The van der Waals surface area contributed by atoms with E-state index in [4.69, 9.17) is 10.5 Å². The molecule has 0 spiro atoms. The van der Waals surface area contributed by atoms with Crippen LogP contribution in [0.4, 0.5) is 14.5 Å². The predicted molar refractivity (Wildman–Crippen MR) is 119 cm³/mol. The van der Waals surface area contributed by atoms with Crippen LogP contribution in [0, 0.1) is 17.6 Å². The van der Waals surface area contributed by atoms with Crippen molar-refractivity contribution in [1.82, 2.24) is 0 Å². The molecule has 31 heavy (non-hydrogen) atoms. The van der Waals surface area contributed by atoms with Gasteiger partial charge < -0.3 is 10.5 Å². The van der Waals surface area contributed by atoms with E-state index in [1.54, 1.807) is 44.2 Å². The van der Waals surface area contributed by atoms with Crippen molar-refractivity contribution in [2.45, 2.75) is 27.7 Å². The zero-order valence-corrected chi connectivity index (χ0v) is 17.9. The van der Waals surface area contributed by atoms with Crippen LogP contribution in [0.15, 0.2) is 54.6 Å². The van der Waals surface area contributed by atoms with Gasteiger partial charge in [0, 0.05) is 34.4 Å². The molecule has 0 unspecified atom stereocenters. The molecule has 3 rings (SSSR count). The number of ketones is 1. The number of hydrogen-bond acceptors (Lipinski definition) is 4. The number of benzene rings is 3. The SMILES string of the molecule is CC.CC(C)C(=O)c1cccc(-c2cc(N)ccc2Oc2ccc(F)cc2F)c1C=O. The summed E-state index contributed by atoms with van der Waals surface area (Å²) in [5, 5.41) is 0. The number of anilines is 1. The number of rotatable bonds is 6. The first kappa shape index (κ1) is 23.7. The summed E-state index contributed by atoms with van der Waals surface area (Å²) >= 11 is 0. The van der Waals surface area contributed by atoms with Gasteiger partial charge in [-0.1, -0.05) is 45.9 Å². The maximum absolute atomic E-state index is 14.1. The van der Waals surface area contributed by atoms with Gasteiger partial charge in [0.1, 0.15) is 11.6 Å². The zero-order valence-electron chi connectivity index (χ0n) is 17.9. The summed E-state index contributed by atoms with van der Waals surface area (Å²) in [6, 6.07) is 12.5. The molecule has 0 saturated carbocycles. The number of ether oxygens (including phenoxy) is 1. The van der Waals surface area contributed by atoms with Crippen LogP contribution in [-0.4, -0.2) is 12.1 Å². The molecule has 6 heteroatoms. The first-order valence-electron chi connectivity index (χ1n) is 9.97. The highest BCUT2D eigenvalue weighted by atomic mass is 19.1. The number of nitrogens with two attached hydrogens (primary N) is 1. The van der Waals surface area contributed by atoms with Crippen LogP contribution in [0.25, 0.3) is 11.1 Å². The maximum Gasteiger partial charge on any atom is 0.168 e. The molecule has 0 heterocycles. The van der Waals surface area contributed by atoms with Crippen LogP contribution in [-0.2, 0) is 0 Å². The third-order valence-electron chi connectivity index (χ3n) is 4.42. The van der Waals surface area contributed by atoms with Gasteiger partial charge in [-0.05, 0) is 35.9 Å². The smallest absolute Gasteiger partial charge is 0.168 e. The molecule has 0 aliphatic carbocycles. The molecule has 0 amide bonds. The fourth-order valence-corrected chi connectivity index (χ4v) is 2.98. The first-order valence-corrected chi connectivity index (χ1v) is 9.97. The molecule has 0 aliphatic heterocycles. The van der Waals surface area contributed by atoms with Crippen molar-refractivity contribution >= 4 is 17.8 Å². The van der Waals surface area contributed by atoms with Crippen LogP contribution >= 0.6 is 0 Å². The molecule has 0 fully saturated rings. The van der Waals surface area contributed by atoms with Crippen molar-refractivity contribution in [1.29, 1.82) is 0 Å². The highest BCUT2D eigenvalue weighted by Crippen LogP contribution is 2.38. The Hall–Kier alpha value is -3.54. The van der Waals surface area contributed by atoms with Crippen molar-refractivity contribution in [3.8, 4) is 22.6 Å². The molecule has 2 N–H and O–H groups in total. The summed E-state index contributed by atoms with van der Waals surface area (Å²) in [5.41, 5.74) is 7.62. The second kappa shape index (κ2) is 10.5. The van der Waals surface area contributed by atoms with E-state index >= 15 is 0 Å². The van der Waals surface area contributed by atoms with Gasteiger partial charge in [0.05, 0.1) is 0 Å². The van der Waals surface area contributed by atoms with Gasteiger partial charge in [-0.3, -0.25) is 9.59 Å². The number of Topliss-reactive ketones (excluding diaryl/α,β-unsaturated/α-hetero) is 1. The largest absolute Gasteiger partial charge is 0.454 e. The molecule has 0 aromatic heterocycles. The van der Waals surface area contributed by atoms with Crippen molar-refractivity contribution in [3.63, 3.8) is 0 Å². The molecule has 0 atom stereocenters. The minimum absolute atomic E-state index is 0.176. The Labute approximate surface area is 180 Å². The lowest BCUT2D eigenvalue weighted by Gasteiger charge is -2.16. The average molecular weight is 425 g/mol. The Kier molecular flexibility index (Phi) is 8.02. The van der Waals surface area contributed by atoms with Crippen molar-refractivity contribution in [3.05, 3.63) is 77.4 Å². The molecule has 3 aromatic carbocycles. The van der Waals surface area contributed by atoms with E-state index in [-0.39, 0.29) is 34.3 Å². The van der Waals surface area contributed by atoms with E-state index in [0.29, 0.717) is 29.2 Å². The molecule has 162 valence electrons. The first-order chi connectivity index (χ1) is 14.8. The summed E-state index contributed by atoms with van der Waals surface area (Å²) in [6.07, 6.45) is 0.608. The van der Waals surface area contributed by atoms with E-state index in [1.807, 2.05) is 13.8 Å². The van der Waals surface area contributed by atoms with Crippen molar-refractivity contribution < 1.29 is 23.1 Å². The van der Waals surface area contributed by atoms with Gasteiger partial charge in [0.2, 0.25) is 0 Å². The summed E-state index contributed by atoms with van der Waals surface area (Å²) in [5.74, 6) is -2.04. The second-order valence-electron chi connectivity index (χ2n) is 6.84. The quantitative estimate of drug-likeness (QED) is 0.272. The van der Waals surface area contributed by atoms with E-state index in [2.05, 4.69) is 0 Å². The Morgan fingerprint density at radius 3 is 2.26 bits per heavy atom. The molecule has 0 saturated heterocycles. The van der Waals surface area contributed by atoms with Crippen LogP contribution in [0.2, 0.25) is 0 Å². The number of hydrogen-bond donors (Lipinski definition) is 1. The van der Waals surface area contributed by atoms with Crippen LogP contribution in [0.1, 0.15) is 48.4 Å². The van der Waals surface area contributed by atoms with Gasteiger partial charge in [-0.25, -0.2) is 8.78 Å². The minimum atomic E-state index is -0.868. The lowest BCUT2D eigenvalue weighted by molar-refractivity contribution is 0.0934. The predicted octanol–water partition coefficient (Wildman–Crippen LogP) is 6.68. The minimum Gasteiger partial charge on any atom is -0.454 e. The molecular formula is C25H25F2NO3. The Balaban J connectivity index is 0.00000166. The van der Waals surface area contributed by atoms with Gasteiger partial charge in [0.25, 0.3) is 0 Å². The number of nitrogen functional groups attached to an aromatic ring is 1. The van der Waals surface area contributed by atoms with E-state index in [9.17, 15) is 18.4 Å². The van der Waals surface area contributed by atoms with Crippen LogP contribution in [0.3, 0.4) is 0 Å². The van der Waals surface area contributed by atoms with Crippen LogP contribution in [0.5, 0.6) is 11.5 Å². The molecule has 4 nitrogen and oxygen atoms in total. The number of carbonyl (C=O) groups is 2. The molecule has 0 bridgehead atoms. The second-order valence-corrected chi connectivity index (χ2v) is 6.84. The normalized spacial score (nSPS) is 10.3. The third-order valence-corrected chi connectivity index (χ3v) is 4.42. The Morgan fingerprint density at radius 1 is 0.968 bits per heavy atom. The number of halogens is 2. The maximum atomic E-state index is 14.1. The highest BCUT2D eigenvalue weighted by Gasteiger charge is 2.20. The van der Waals surface area contributed by atoms with Crippen LogP contribution < -0.4 is 10.5 Å². The summed E-state index contributed by atoms with van der Waals surface area (Å²) < 4.78 is 32.9. The summed E-state index contributed by atoms with van der Waals surface area (Å²) in [4.78, 5) is 24.4. The Morgan fingerprint density at radius 2 is 1.65 bits per heavy atom. The fourth-order valence-electron chi connectivity index (χ4n) is 2.98. The molecule has 0 aliphatic rings. The monoisotopic (exact) mass is 425 g/mol. The fraction of sp³-hybridized carbons (Fsp3) is 0.200. The number of carbonyl (C=O) groups excluding carboxylic acids is 2. The highest BCUT2D eigenvalue weighted by molar-refractivity contribution is 6.07. The van der Waals surface area contributed by atoms with Crippen molar-refractivity contribution in [2.75, 3.05) is 5.73 Å². The molecular weight excluding hydrogens is 400 g/mol.